The van der Waals surface area contributed by atoms with Crippen LogP contribution in [0.3, 0.4) is 0 Å². The Balaban J connectivity index is 2.25. The molecule has 1 heterocycles. The average molecular weight is 350 g/mol. The second kappa shape index (κ2) is 6.54. The van der Waals surface area contributed by atoms with Crippen LogP contribution in [0.5, 0.6) is 0 Å². The Bertz CT molecular complexity index is 696. The molecule has 5 heteroatoms. The third-order valence-corrected chi connectivity index (χ3v) is 4.29. The number of hydrogen-bond acceptors (Lipinski definition) is 3. The summed E-state index contributed by atoms with van der Waals surface area (Å²) in [6.07, 6.45) is 0. The Morgan fingerprint density at radius 3 is 2.48 bits per heavy atom. The van der Waals surface area contributed by atoms with Crippen LogP contribution in [0.1, 0.15) is 48.6 Å². The third-order valence-electron chi connectivity index (χ3n) is 3.57. The SMILES string of the molecule is Cc1nc(C)c(C(C)N[C@@H](C)c2ccccc2Br)c(=O)[nH]1. The van der Waals surface area contributed by atoms with E-state index in [1.54, 1.807) is 6.92 Å². The van der Waals surface area contributed by atoms with Crippen molar-refractivity contribution in [2.24, 2.45) is 0 Å². The zero-order valence-corrected chi connectivity index (χ0v) is 14.3. The number of aryl methyl sites for hydroxylation is 2. The van der Waals surface area contributed by atoms with E-state index < -0.39 is 0 Å². The first kappa shape index (κ1) is 15.9. The van der Waals surface area contributed by atoms with Crippen molar-refractivity contribution < 1.29 is 0 Å². The van der Waals surface area contributed by atoms with Gasteiger partial charge in [-0.3, -0.25) is 4.79 Å². The molecule has 0 aliphatic rings. The lowest BCUT2D eigenvalue weighted by Crippen LogP contribution is -2.29. The number of H-pyrrole nitrogens is 1. The largest absolute Gasteiger partial charge is 0.310 e. The van der Waals surface area contributed by atoms with E-state index in [0.717, 1.165) is 10.2 Å². The van der Waals surface area contributed by atoms with Crippen LogP contribution in [0.25, 0.3) is 0 Å². The van der Waals surface area contributed by atoms with E-state index >= 15 is 0 Å². The van der Waals surface area contributed by atoms with Gasteiger partial charge in [0.2, 0.25) is 0 Å². The van der Waals surface area contributed by atoms with Gasteiger partial charge in [-0.1, -0.05) is 34.1 Å². The quantitative estimate of drug-likeness (QED) is 0.887. The van der Waals surface area contributed by atoms with Gasteiger partial charge in [0.25, 0.3) is 5.56 Å². The molecule has 1 aromatic carbocycles. The molecule has 0 fully saturated rings. The van der Waals surface area contributed by atoms with Gasteiger partial charge >= 0.3 is 0 Å². The first-order chi connectivity index (χ1) is 9.90. The Hall–Kier alpha value is -1.46. The van der Waals surface area contributed by atoms with Gasteiger partial charge in [-0.25, -0.2) is 4.98 Å². The zero-order chi connectivity index (χ0) is 15.6. The van der Waals surface area contributed by atoms with Crippen LogP contribution < -0.4 is 10.9 Å². The first-order valence-electron chi connectivity index (χ1n) is 6.98. The van der Waals surface area contributed by atoms with Crippen molar-refractivity contribution in [3.05, 3.63) is 61.7 Å². The highest BCUT2D eigenvalue weighted by Gasteiger charge is 2.18. The number of aromatic nitrogens is 2. The van der Waals surface area contributed by atoms with E-state index in [9.17, 15) is 4.79 Å². The lowest BCUT2D eigenvalue weighted by atomic mass is 10.0. The zero-order valence-electron chi connectivity index (χ0n) is 12.7. The summed E-state index contributed by atoms with van der Waals surface area (Å²) in [4.78, 5) is 19.3. The molecule has 0 saturated heterocycles. The Morgan fingerprint density at radius 2 is 1.86 bits per heavy atom. The predicted molar refractivity (Wildman–Crippen MR) is 88.4 cm³/mol. The first-order valence-corrected chi connectivity index (χ1v) is 7.77. The highest BCUT2D eigenvalue weighted by atomic mass is 79.9. The molecule has 0 aliphatic carbocycles. The normalized spacial score (nSPS) is 14.0. The molecule has 1 aromatic heterocycles. The number of nitrogens with zero attached hydrogens (tertiary/aromatic N) is 1. The fraction of sp³-hybridized carbons (Fsp3) is 0.375. The lowest BCUT2D eigenvalue weighted by molar-refractivity contribution is 0.486. The maximum absolute atomic E-state index is 12.1. The second-order valence-electron chi connectivity index (χ2n) is 5.28. The van der Waals surface area contributed by atoms with Crippen LogP contribution in [0.15, 0.2) is 33.5 Å². The highest BCUT2D eigenvalue weighted by Crippen LogP contribution is 2.25. The molecule has 0 bridgehead atoms. The van der Waals surface area contributed by atoms with Crippen molar-refractivity contribution >= 4 is 15.9 Å². The van der Waals surface area contributed by atoms with Gasteiger partial charge in [0, 0.05) is 22.3 Å². The number of halogens is 1. The van der Waals surface area contributed by atoms with Crippen molar-refractivity contribution in [3.8, 4) is 0 Å². The topological polar surface area (TPSA) is 57.8 Å². The lowest BCUT2D eigenvalue weighted by Gasteiger charge is -2.22. The summed E-state index contributed by atoms with van der Waals surface area (Å²) >= 11 is 3.56. The van der Waals surface area contributed by atoms with E-state index in [-0.39, 0.29) is 17.6 Å². The summed E-state index contributed by atoms with van der Waals surface area (Å²) in [6.45, 7) is 7.74. The van der Waals surface area contributed by atoms with Crippen LogP contribution in [-0.4, -0.2) is 9.97 Å². The van der Waals surface area contributed by atoms with Gasteiger partial charge in [-0.05, 0) is 39.3 Å². The van der Waals surface area contributed by atoms with Gasteiger partial charge in [-0.15, -0.1) is 0 Å². The smallest absolute Gasteiger partial charge is 0.255 e. The standard InChI is InChI=1S/C16H20BrN3O/c1-9(13-7-5-6-8-14(13)17)18-10(2)15-11(3)19-12(4)20-16(15)21/h5-10,18H,1-4H3,(H,19,20,21)/t9-,10?/m0/s1. The molecule has 2 atom stereocenters. The van der Waals surface area contributed by atoms with Crippen LogP contribution in [0.2, 0.25) is 0 Å². The summed E-state index contributed by atoms with van der Waals surface area (Å²) in [6, 6.07) is 8.12. The van der Waals surface area contributed by atoms with E-state index in [1.165, 1.54) is 5.56 Å². The summed E-state index contributed by atoms with van der Waals surface area (Å²) in [5.74, 6) is 0.646. The molecule has 0 aliphatic heterocycles. The second-order valence-corrected chi connectivity index (χ2v) is 6.14. The molecular formula is C16H20BrN3O. The Morgan fingerprint density at radius 1 is 1.19 bits per heavy atom. The Labute approximate surface area is 133 Å². The van der Waals surface area contributed by atoms with Crippen LogP contribution in [0.4, 0.5) is 0 Å². The number of benzene rings is 1. The predicted octanol–water partition coefficient (Wildman–Crippen LogP) is 3.56. The highest BCUT2D eigenvalue weighted by molar-refractivity contribution is 9.10. The minimum absolute atomic E-state index is 0.0701. The van der Waals surface area contributed by atoms with Gasteiger partial charge in [-0.2, -0.15) is 0 Å². The molecule has 1 unspecified atom stereocenters. The number of aromatic amines is 1. The van der Waals surface area contributed by atoms with E-state index in [4.69, 9.17) is 0 Å². The Kier molecular flexibility index (Phi) is 4.96. The monoisotopic (exact) mass is 349 g/mol. The maximum atomic E-state index is 12.1. The van der Waals surface area contributed by atoms with Gasteiger partial charge < -0.3 is 10.3 Å². The van der Waals surface area contributed by atoms with Crippen molar-refractivity contribution in [1.82, 2.24) is 15.3 Å². The van der Waals surface area contributed by atoms with E-state index in [1.807, 2.05) is 32.0 Å². The molecule has 2 N–H and O–H groups in total. The maximum Gasteiger partial charge on any atom is 0.255 e. The summed E-state index contributed by atoms with van der Waals surface area (Å²) < 4.78 is 1.06. The van der Waals surface area contributed by atoms with Crippen LogP contribution in [-0.2, 0) is 0 Å². The molecule has 0 spiro atoms. The summed E-state index contributed by atoms with van der Waals surface area (Å²) in [7, 11) is 0. The molecule has 2 rings (SSSR count). The van der Waals surface area contributed by atoms with E-state index in [2.05, 4.69) is 44.2 Å². The van der Waals surface area contributed by atoms with Gasteiger partial charge in [0.05, 0.1) is 5.56 Å². The fourth-order valence-electron chi connectivity index (χ4n) is 2.62. The van der Waals surface area contributed by atoms with Crippen molar-refractivity contribution in [1.29, 1.82) is 0 Å². The average Bonchev–Trinajstić information content (AvgIpc) is 2.37. The van der Waals surface area contributed by atoms with Crippen molar-refractivity contribution in [2.75, 3.05) is 0 Å². The van der Waals surface area contributed by atoms with Crippen LogP contribution in [0, 0.1) is 13.8 Å². The third kappa shape index (κ3) is 3.60. The van der Waals surface area contributed by atoms with Gasteiger partial charge in [0.15, 0.2) is 0 Å². The number of rotatable bonds is 4. The van der Waals surface area contributed by atoms with E-state index in [0.29, 0.717) is 11.4 Å². The molecule has 4 nitrogen and oxygen atoms in total. The minimum Gasteiger partial charge on any atom is -0.310 e. The molecule has 21 heavy (non-hydrogen) atoms. The van der Waals surface area contributed by atoms with Crippen molar-refractivity contribution in [2.45, 2.75) is 39.8 Å². The molecular weight excluding hydrogens is 330 g/mol. The minimum atomic E-state index is -0.0797. The summed E-state index contributed by atoms with van der Waals surface area (Å²) in [5.41, 5.74) is 2.56. The summed E-state index contributed by atoms with van der Waals surface area (Å²) in [5, 5.41) is 3.46. The molecule has 2 aromatic rings. The molecule has 112 valence electrons. The number of hydrogen-bond donors (Lipinski definition) is 2. The number of nitrogens with one attached hydrogen (secondary N) is 2. The fourth-order valence-corrected chi connectivity index (χ4v) is 3.25. The van der Waals surface area contributed by atoms with Gasteiger partial charge in [0.1, 0.15) is 5.82 Å². The molecule has 0 radical (unpaired) electrons. The van der Waals surface area contributed by atoms with Crippen LogP contribution >= 0.6 is 15.9 Å². The molecule has 0 amide bonds. The van der Waals surface area contributed by atoms with Crippen molar-refractivity contribution in [3.63, 3.8) is 0 Å². The molecule has 0 saturated carbocycles.